The Balaban J connectivity index is 1.41. The molecular formula is C22H32N4O7S. The largest absolute Gasteiger partial charge is 0.495 e. The minimum absolute atomic E-state index is 0.0259. The van der Waals surface area contributed by atoms with E-state index in [0.717, 1.165) is 13.1 Å². The number of hydrogen-bond donors (Lipinski definition) is 0. The van der Waals surface area contributed by atoms with E-state index >= 15 is 0 Å². The van der Waals surface area contributed by atoms with Gasteiger partial charge in [0.1, 0.15) is 10.6 Å². The monoisotopic (exact) mass is 496 g/mol. The van der Waals surface area contributed by atoms with Gasteiger partial charge >= 0.3 is 0 Å². The predicted octanol–water partition coefficient (Wildman–Crippen LogP) is -0.667. The van der Waals surface area contributed by atoms with E-state index < -0.39 is 10.0 Å². The van der Waals surface area contributed by atoms with Crippen LogP contribution in [-0.2, 0) is 24.3 Å². The van der Waals surface area contributed by atoms with Crippen molar-refractivity contribution in [3.8, 4) is 5.75 Å². The van der Waals surface area contributed by atoms with Crippen molar-refractivity contribution in [1.29, 1.82) is 0 Å². The van der Waals surface area contributed by atoms with Crippen LogP contribution in [0.25, 0.3) is 0 Å². The van der Waals surface area contributed by atoms with Crippen LogP contribution in [0.3, 0.4) is 0 Å². The molecule has 3 saturated heterocycles. The molecule has 3 aliphatic heterocycles. The molecule has 0 bridgehead atoms. The van der Waals surface area contributed by atoms with Crippen molar-refractivity contribution in [2.75, 3.05) is 92.4 Å². The summed E-state index contributed by atoms with van der Waals surface area (Å²) in [6.45, 7) is 5.98. The van der Waals surface area contributed by atoms with E-state index in [9.17, 15) is 18.0 Å². The van der Waals surface area contributed by atoms with Crippen molar-refractivity contribution in [1.82, 2.24) is 19.0 Å². The first-order valence-electron chi connectivity index (χ1n) is 11.5. The van der Waals surface area contributed by atoms with Crippen LogP contribution in [0.5, 0.6) is 5.75 Å². The standard InChI is InChI=1S/C22H32N4O7S/c1-31-19-3-2-18(16-20(19)34(29,30)26-10-14-33-15-11-26)22(28)25-6-4-24(5-7-25)21(27)17-23-8-12-32-13-9-23/h2-3,16H,4-15,17H2,1H3. The normalized spacial score (nSPS) is 20.9. The molecule has 0 unspecified atom stereocenters. The molecule has 0 radical (unpaired) electrons. The van der Waals surface area contributed by atoms with Gasteiger partial charge in [-0.05, 0) is 18.2 Å². The minimum Gasteiger partial charge on any atom is -0.495 e. The highest BCUT2D eigenvalue weighted by Gasteiger charge is 2.31. The molecule has 2 amide bonds. The molecule has 3 fully saturated rings. The first-order chi connectivity index (χ1) is 16.4. The van der Waals surface area contributed by atoms with Crippen LogP contribution in [0.4, 0.5) is 0 Å². The summed E-state index contributed by atoms with van der Waals surface area (Å²) in [5.41, 5.74) is 0.278. The zero-order valence-corrected chi connectivity index (χ0v) is 20.3. The lowest BCUT2D eigenvalue weighted by Gasteiger charge is -2.36. The Hall–Kier alpha value is -2.25. The average Bonchev–Trinajstić information content (AvgIpc) is 2.89. The molecule has 3 aliphatic rings. The fourth-order valence-electron chi connectivity index (χ4n) is 4.33. The van der Waals surface area contributed by atoms with Crippen molar-refractivity contribution in [3.63, 3.8) is 0 Å². The Morgan fingerprint density at radius 2 is 1.47 bits per heavy atom. The zero-order chi connectivity index (χ0) is 24.1. The maximum Gasteiger partial charge on any atom is 0.254 e. The number of nitrogens with zero attached hydrogens (tertiary/aromatic N) is 4. The lowest BCUT2D eigenvalue weighted by molar-refractivity contribution is -0.134. The number of sulfonamides is 1. The SMILES string of the molecule is COc1ccc(C(=O)N2CCN(C(=O)CN3CCOCC3)CC2)cc1S(=O)(=O)N1CCOCC1. The van der Waals surface area contributed by atoms with Crippen molar-refractivity contribution < 1.29 is 32.2 Å². The van der Waals surface area contributed by atoms with Gasteiger partial charge < -0.3 is 24.0 Å². The van der Waals surface area contributed by atoms with Gasteiger partial charge in [0.05, 0.1) is 40.1 Å². The van der Waals surface area contributed by atoms with Gasteiger partial charge in [-0.15, -0.1) is 0 Å². The summed E-state index contributed by atoms with van der Waals surface area (Å²) in [7, 11) is -2.43. The Labute approximate surface area is 200 Å². The molecular weight excluding hydrogens is 464 g/mol. The number of hydrogen-bond acceptors (Lipinski definition) is 8. The minimum atomic E-state index is -3.83. The third kappa shape index (κ3) is 5.52. The highest BCUT2D eigenvalue weighted by Crippen LogP contribution is 2.29. The molecule has 11 nitrogen and oxygen atoms in total. The Kier molecular flexibility index (Phi) is 8.04. The Morgan fingerprint density at radius 3 is 2.09 bits per heavy atom. The van der Waals surface area contributed by atoms with Crippen LogP contribution in [-0.4, -0.2) is 132 Å². The second-order valence-corrected chi connectivity index (χ2v) is 10.3. The van der Waals surface area contributed by atoms with Gasteiger partial charge in [0.15, 0.2) is 0 Å². The summed E-state index contributed by atoms with van der Waals surface area (Å²) in [6.07, 6.45) is 0. The number of methoxy groups -OCH3 is 1. The lowest BCUT2D eigenvalue weighted by atomic mass is 10.1. The smallest absolute Gasteiger partial charge is 0.254 e. The summed E-state index contributed by atoms with van der Waals surface area (Å²) >= 11 is 0. The second-order valence-electron chi connectivity index (χ2n) is 8.44. The molecule has 0 aliphatic carbocycles. The summed E-state index contributed by atoms with van der Waals surface area (Å²) < 4.78 is 43.6. The van der Waals surface area contributed by atoms with Gasteiger partial charge in [-0.2, -0.15) is 4.31 Å². The first kappa shape index (κ1) is 24.9. The third-order valence-electron chi connectivity index (χ3n) is 6.38. The summed E-state index contributed by atoms with van der Waals surface area (Å²) in [5, 5.41) is 0. The predicted molar refractivity (Wildman–Crippen MR) is 122 cm³/mol. The number of rotatable bonds is 6. The van der Waals surface area contributed by atoms with Crippen molar-refractivity contribution in [2.45, 2.75) is 4.90 Å². The van der Waals surface area contributed by atoms with Gasteiger partial charge in [0, 0.05) is 57.9 Å². The number of amides is 2. The molecule has 34 heavy (non-hydrogen) atoms. The van der Waals surface area contributed by atoms with E-state index in [1.165, 1.54) is 23.5 Å². The van der Waals surface area contributed by atoms with Crippen LogP contribution in [0.15, 0.2) is 23.1 Å². The quantitative estimate of drug-likeness (QED) is 0.510. The van der Waals surface area contributed by atoms with Gasteiger partial charge in [-0.25, -0.2) is 8.42 Å². The zero-order valence-electron chi connectivity index (χ0n) is 19.5. The molecule has 4 rings (SSSR count). The molecule has 1 aromatic carbocycles. The highest BCUT2D eigenvalue weighted by molar-refractivity contribution is 7.89. The number of carbonyl (C=O) groups is 2. The lowest BCUT2D eigenvalue weighted by Crippen LogP contribution is -2.53. The average molecular weight is 497 g/mol. The number of benzene rings is 1. The molecule has 0 atom stereocenters. The van der Waals surface area contributed by atoms with E-state index in [2.05, 4.69) is 4.90 Å². The molecule has 0 aromatic heterocycles. The van der Waals surface area contributed by atoms with Gasteiger partial charge in [0.25, 0.3) is 5.91 Å². The number of ether oxygens (including phenoxy) is 3. The van der Waals surface area contributed by atoms with Gasteiger partial charge in [-0.1, -0.05) is 0 Å². The third-order valence-corrected chi connectivity index (χ3v) is 8.30. The summed E-state index contributed by atoms with van der Waals surface area (Å²) in [6, 6.07) is 4.49. The van der Waals surface area contributed by atoms with Crippen LogP contribution >= 0.6 is 0 Å². The molecule has 0 saturated carbocycles. The van der Waals surface area contributed by atoms with Crippen LogP contribution in [0, 0.1) is 0 Å². The summed E-state index contributed by atoms with van der Waals surface area (Å²) in [5.74, 6) is -0.0136. The number of piperazine rings is 1. The maximum absolute atomic E-state index is 13.2. The maximum atomic E-state index is 13.2. The Morgan fingerprint density at radius 1 is 0.882 bits per heavy atom. The topological polar surface area (TPSA) is 109 Å². The molecule has 1 aromatic rings. The van der Waals surface area contributed by atoms with Crippen LogP contribution in [0.2, 0.25) is 0 Å². The second kappa shape index (κ2) is 11.0. The molecule has 3 heterocycles. The number of carbonyl (C=O) groups excluding carboxylic acids is 2. The fraction of sp³-hybridized carbons (Fsp3) is 0.636. The van der Waals surface area contributed by atoms with Crippen molar-refractivity contribution in [3.05, 3.63) is 23.8 Å². The molecule has 0 N–H and O–H groups in total. The summed E-state index contributed by atoms with van der Waals surface area (Å²) in [4.78, 5) is 31.3. The van der Waals surface area contributed by atoms with Crippen LogP contribution < -0.4 is 4.74 Å². The number of morpholine rings is 2. The van der Waals surface area contributed by atoms with E-state index in [1.54, 1.807) is 15.9 Å². The van der Waals surface area contributed by atoms with Gasteiger partial charge in [0.2, 0.25) is 15.9 Å². The van der Waals surface area contributed by atoms with Crippen LogP contribution in [0.1, 0.15) is 10.4 Å². The van der Waals surface area contributed by atoms with E-state index in [1.807, 2.05) is 0 Å². The molecule has 12 heteroatoms. The molecule has 0 spiro atoms. The molecule has 188 valence electrons. The Bertz CT molecular complexity index is 983. The van der Waals surface area contributed by atoms with Crippen molar-refractivity contribution >= 4 is 21.8 Å². The van der Waals surface area contributed by atoms with E-state index in [4.69, 9.17) is 14.2 Å². The fourth-order valence-corrected chi connectivity index (χ4v) is 5.92. The van der Waals surface area contributed by atoms with E-state index in [0.29, 0.717) is 59.2 Å². The first-order valence-corrected chi connectivity index (χ1v) is 13.0. The van der Waals surface area contributed by atoms with E-state index in [-0.39, 0.29) is 41.1 Å². The van der Waals surface area contributed by atoms with Gasteiger partial charge in [-0.3, -0.25) is 14.5 Å². The van der Waals surface area contributed by atoms with Crippen molar-refractivity contribution in [2.24, 2.45) is 0 Å². The highest BCUT2D eigenvalue weighted by atomic mass is 32.2.